The molecule has 0 unspecified atom stereocenters. The average molecular weight is 351 g/mol. The maximum Gasteiger partial charge on any atom is 0.258 e. The Kier molecular flexibility index (Phi) is 4.80. The zero-order chi connectivity index (χ0) is 15.4. The van der Waals surface area contributed by atoms with Crippen molar-refractivity contribution in [2.24, 2.45) is 0 Å². The van der Waals surface area contributed by atoms with Gasteiger partial charge in [-0.1, -0.05) is 6.07 Å². The van der Waals surface area contributed by atoms with E-state index in [1.807, 2.05) is 13.8 Å². The number of amides is 2. The molecule has 21 heavy (non-hydrogen) atoms. The highest BCUT2D eigenvalue weighted by Gasteiger charge is 2.12. The molecule has 2 aromatic rings. The fourth-order valence-corrected chi connectivity index (χ4v) is 2.12. The predicted octanol–water partition coefficient (Wildman–Crippen LogP) is 3.35. The molecule has 1 aromatic carbocycles. The van der Waals surface area contributed by atoms with Gasteiger partial charge in [0, 0.05) is 23.9 Å². The fourth-order valence-electron chi connectivity index (χ4n) is 1.78. The summed E-state index contributed by atoms with van der Waals surface area (Å²) >= 11 is 3.15. The summed E-state index contributed by atoms with van der Waals surface area (Å²) in [7, 11) is 0. The van der Waals surface area contributed by atoms with Gasteiger partial charge in [0.25, 0.3) is 11.8 Å². The van der Waals surface area contributed by atoms with Crippen molar-refractivity contribution in [3.8, 4) is 0 Å². The Hall–Kier alpha value is -2.08. The van der Waals surface area contributed by atoms with E-state index in [0.29, 0.717) is 28.0 Å². The summed E-state index contributed by atoms with van der Waals surface area (Å²) < 4.78 is 5.53. The first kappa shape index (κ1) is 15.3. The molecule has 0 aliphatic heterocycles. The molecule has 1 heterocycles. The van der Waals surface area contributed by atoms with E-state index in [4.69, 9.17) is 4.42 Å². The van der Waals surface area contributed by atoms with E-state index in [2.05, 4.69) is 26.6 Å². The van der Waals surface area contributed by atoms with Crippen molar-refractivity contribution in [1.82, 2.24) is 5.32 Å². The third-order valence-corrected chi connectivity index (χ3v) is 3.33. The van der Waals surface area contributed by atoms with Gasteiger partial charge < -0.3 is 15.1 Å². The lowest BCUT2D eigenvalue weighted by atomic mass is 10.1. The Morgan fingerprint density at radius 2 is 1.95 bits per heavy atom. The van der Waals surface area contributed by atoms with Gasteiger partial charge in [-0.15, -0.1) is 0 Å². The number of anilines is 1. The Balaban J connectivity index is 2.21. The first-order valence-corrected chi connectivity index (χ1v) is 7.24. The summed E-state index contributed by atoms with van der Waals surface area (Å²) in [5.74, 6) is -0.459. The van der Waals surface area contributed by atoms with Gasteiger partial charge in [-0.25, -0.2) is 0 Å². The number of halogens is 1. The molecule has 110 valence electrons. The lowest BCUT2D eigenvalue weighted by Gasteiger charge is -2.10. The van der Waals surface area contributed by atoms with Gasteiger partial charge >= 0.3 is 0 Å². The van der Waals surface area contributed by atoms with Crippen LogP contribution in [0.5, 0.6) is 0 Å². The summed E-state index contributed by atoms with van der Waals surface area (Å²) in [5.41, 5.74) is 2.39. The Labute approximate surface area is 130 Å². The zero-order valence-electron chi connectivity index (χ0n) is 11.7. The molecule has 0 saturated heterocycles. The molecule has 2 rings (SSSR count). The predicted molar refractivity (Wildman–Crippen MR) is 83.5 cm³/mol. The second kappa shape index (κ2) is 6.58. The lowest BCUT2D eigenvalue weighted by molar-refractivity contribution is 0.0954. The molecule has 0 fully saturated rings. The van der Waals surface area contributed by atoms with Crippen LogP contribution in [0.15, 0.2) is 39.6 Å². The SMILES string of the molecule is CCNC(=O)c1ccc(C)c(NC(=O)c2coc(Br)c2)c1. The molecular formula is C15H15BrN2O3. The van der Waals surface area contributed by atoms with Gasteiger partial charge in [-0.3, -0.25) is 9.59 Å². The average Bonchev–Trinajstić information content (AvgIpc) is 2.88. The first-order valence-electron chi connectivity index (χ1n) is 6.45. The van der Waals surface area contributed by atoms with Crippen LogP contribution in [-0.4, -0.2) is 18.4 Å². The van der Waals surface area contributed by atoms with Gasteiger partial charge in [0.2, 0.25) is 0 Å². The van der Waals surface area contributed by atoms with E-state index in [9.17, 15) is 9.59 Å². The molecule has 2 amide bonds. The second-order valence-corrected chi connectivity index (χ2v) is 5.26. The van der Waals surface area contributed by atoms with E-state index >= 15 is 0 Å². The van der Waals surface area contributed by atoms with Crippen LogP contribution in [0.1, 0.15) is 33.2 Å². The normalized spacial score (nSPS) is 10.2. The molecule has 0 atom stereocenters. The molecule has 0 aliphatic rings. The van der Waals surface area contributed by atoms with E-state index in [1.165, 1.54) is 6.26 Å². The van der Waals surface area contributed by atoms with Gasteiger partial charge in [0.15, 0.2) is 4.67 Å². The summed E-state index contributed by atoms with van der Waals surface area (Å²) in [6.07, 6.45) is 1.36. The standard InChI is InChI=1S/C15H15BrN2O3/c1-3-17-14(19)10-5-4-9(2)12(6-10)18-15(20)11-7-13(16)21-8-11/h4-8H,3H2,1-2H3,(H,17,19)(H,18,20). The van der Waals surface area contributed by atoms with Crippen LogP contribution in [0.4, 0.5) is 5.69 Å². The molecule has 5 nitrogen and oxygen atoms in total. The summed E-state index contributed by atoms with van der Waals surface area (Å²) in [6.45, 7) is 4.27. The molecule has 0 saturated carbocycles. The number of hydrogen-bond acceptors (Lipinski definition) is 3. The molecule has 0 bridgehead atoms. The number of carbonyl (C=O) groups excluding carboxylic acids is 2. The molecule has 0 radical (unpaired) electrons. The Morgan fingerprint density at radius 1 is 1.19 bits per heavy atom. The Morgan fingerprint density at radius 3 is 2.57 bits per heavy atom. The third kappa shape index (κ3) is 3.72. The molecular weight excluding hydrogens is 336 g/mol. The number of benzene rings is 1. The maximum absolute atomic E-state index is 12.1. The molecule has 6 heteroatoms. The summed E-state index contributed by atoms with van der Waals surface area (Å²) in [5, 5.41) is 5.50. The van der Waals surface area contributed by atoms with E-state index < -0.39 is 0 Å². The maximum atomic E-state index is 12.1. The number of furan rings is 1. The highest BCUT2D eigenvalue weighted by molar-refractivity contribution is 9.10. The van der Waals surface area contributed by atoms with Crippen LogP contribution in [0.2, 0.25) is 0 Å². The number of aryl methyl sites for hydroxylation is 1. The van der Waals surface area contributed by atoms with Crippen molar-refractivity contribution in [3.05, 3.63) is 51.9 Å². The van der Waals surface area contributed by atoms with Crippen LogP contribution in [0, 0.1) is 6.92 Å². The van der Waals surface area contributed by atoms with Crippen LogP contribution in [0.25, 0.3) is 0 Å². The molecule has 0 aliphatic carbocycles. The van der Waals surface area contributed by atoms with E-state index in [1.54, 1.807) is 24.3 Å². The lowest BCUT2D eigenvalue weighted by Crippen LogP contribution is -2.23. The minimum atomic E-state index is -0.291. The van der Waals surface area contributed by atoms with Crippen molar-refractivity contribution in [3.63, 3.8) is 0 Å². The Bertz CT molecular complexity index is 679. The van der Waals surface area contributed by atoms with E-state index in [-0.39, 0.29) is 11.8 Å². The highest BCUT2D eigenvalue weighted by Crippen LogP contribution is 2.20. The van der Waals surface area contributed by atoms with Gasteiger partial charge in [-0.2, -0.15) is 0 Å². The van der Waals surface area contributed by atoms with Crippen LogP contribution < -0.4 is 10.6 Å². The first-order chi connectivity index (χ1) is 10.0. The van der Waals surface area contributed by atoms with Crippen molar-refractivity contribution >= 4 is 33.4 Å². The van der Waals surface area contributed by atoms with Gasteiger partial charge in [-0.05, 0) is 47.5 Å². The molecule has 2 N–H and O–H groups in total. The smallest absolute Gasteiger partial charge is 0.258 e. The number of nitrogens with one attached hydrogen (secondary N) is 2. The van der Waals surface area contributed by atoms with Crippen molar-refractivity contribution in [1.29, 1.82) is 0 Å². The quantitative estimate of drug-likeness (QED) is 0.887. The second-order valence-electron chi connectivity index (χ2n) is 4.48. The van der Waals surface area contributed by atoms with E-state index in [0.717, 1.165) is 5.56 Å². The largest absolute Gasteiger partial charge is 0.457 e. The minimum Gasteiger partial charge on any atom is -0.457 e. The summed E-state index contributed by atoms with van der Waals surface area (Å²) in [6, 6.07) is 6.77. The highest BCUT2D eigenvalue weighted by atomic mass is 79.9. The zero-order valence-corrected chi connectivity index (χ0v) is 13.3. The monoisotopic (exact) mass is 350 g/mol. The van der Waals surface area contributed by atoms with Crippen LogP contribution in [-0.2, 0) is 0 Å². The van der Waals surface area contributed by atoms with Crippen LogP contribution >= 0.6 is 15.9 Å². The number of carbonyl (C=O) groups is 2. The molecule has 1 aromatic heterocycles. The van der Waals surface area contributed by atoms with Gasteiger partial charge in [0.05, 0.1) is 5.56 Å². The summed E-state index contributed by atoms with van der Waals surface area (Å²) in [4.78, 5) is 23.9. The van der Waals surface area contributed by atoms with Crippen molar-refractivity contribution in [2.45, 2.75) is 13.8 Å². The van der Waals surface area contributed by atoms with Crippen molar-refractivity contribution in [2.75, 3.05) is 11.9 Å². The third-order valence-electron chi connectivity index (χ3n) is 2.91. The number of rotatable bonds is 4. The van der Waals surface area contributed by atoms with Crippen LogP contribution in [0.3, 0.4) is 0 Å². The topological polar surface area (TPSA) is 71.3 Å². The van der Waals surface area contributed by atoms with Gasteiger partial charge in [0.1, 0.15) is 6.26 Å². The minimum absolute atomic E-state index is 0.168. The van der Waals surface area contributed by atoms with Crippen molar-refractivity contribution < 1.29 is 14.0 Å². The molecule has 0 spiro atoms. The number of hydrogen-bond donors (Lipinski definition) is 2. The fraction of sp³-hybridized carbons (Fsp3) is 0.200.